The number of hydrogen-bond donors (Lipinski definition) is 1. The largest absolute Gasteiger partial charge is 0.396 e. The van der Waals surface area contributed by atoms with Gasteiger partial charge in [0.2, 0.25) is 0 Å². The molecule has 1 N–H and O–H groups in total. The van der Waals surface area contributed by atoms with Crippen molar-refractivity contribution in [3.63, 3.8) is 0 Å². The summed E-state index contributed by atoms with van der Waals surface area (Å²) in [5, 5.41) is 9.48. The quantitative estimate of drug-likeness (QED) is 0.694. The average molecular weight is 176 g/mol. The van der Waals surface area contributed by atoms with Crippen LogP contribution < -0.4 is 0 Å². The number of hydrogen-bond acceptors (Lipinski definition) is 2. The van der Waals surface area contributed by atoms with Gasteiger partial charge in [0.1, 0.15) is 0 Å². The van der Waals surface area contributed by atoms with E-state index in [0.29, 0.717) is 17.8 Å². The number of aliphatic hydroxyl groups excluding tert-OH is 1. The van der Waals surface area contributed by atoms with Crippen molar-refractivity contribution in [2.24, 2.45) is 11.8 Å². The fraction of sp³-hybridized carbons (Fsp3) is 1.00. The zero-order chi connectivity index (χ0) is 8.85. The van der Waals surface area contributed by atoms with Crippen LogP contribution in [-0.2, 0) is 0 Å². The van der Waals surface area contributed by atoms with Gasteiger partial charge in [-0.15, -0.1) is 0 Å². The van der Waals surface area contributed by atoms with Gasteiger partial charge in [0.25, 0.3) is 0 Å². The fourth-order valence-corrected chi connectivity index (χ4v) is 1.68. The van der Waals surface area contributed by atoms with Crippen LogP contribution in [0.2, 0.25) is 0 Å². The van der Waals surface area contributed by atoms with Gasteiger partial charge in [-0.2, -0.15) is 11.8 Å². The van der Waals surface area contributed by atoms with E-state index in [1.54, 1.807) is 0 Å². The van der Waals surface area contributed by atoms with Crippen molar-refractivity contribution in [2.45, 2.75) is 32.9 Å². The standard InChI is InChI=1S/C9H20OS/c1-7(2)9(4)11-6-8(3)5-10/h7-10H,5-6H2,1-4H3. The molecule has 0 aromatic carbocycles. The lowest BCUT2D eigenvalue weighted by atomic mass is 10.2. The summed E-state index contributed by atoms with van der Waals surface area (Å²) in [4.78, 5) is 0. The monoisotopic (exact) mass is 176 g/mol. The molecule has 0 amide bonds. The second kappa shape index (κ2) is 5.90. The summed E-state index contributed by atoms with van der Waals surface area (Å²) in [7, 11) is 0. The molecule has 0 spiro atoms. The maximum atomic E-state index is 8.77. The van der Waals surface area contributed by atoms with E-state index in [2.05, 4.69) is 27.7 Å². The molecule has 1 nitrogen and oxygen atoms in total. The summed E-state index contributed by atoms with van der Waals surface area (Å²) >= 11 is 1.96. The minimum absolute atomic E-state index is 0.317. The molecule has 0 aliphatic rings. The molecule has 0 aliphatic carbocycles. The average Bonchev–Trinajstić information content (AvgIpc) is 1.99. The molecule has 2 heteroatoms. The Kier molecular flexibility index (Phi) is 6.06. The summed E-state index contributed by atoms with van der Waals surface area (Å²) in [5.74, 6) is 2.27. The first kappa shape index (κ1) is 11.3. The summed E-state index contributed by atoms with van der Waals surface area (Å²) in [6.45, 7) is 9.12. The highest BCUT2D eigenvalue weighted by molar-refractivity contribution is 7.99. The smallest absolute Gasteiger partial charge is 0.0464 e. The third-order valence-electron chi connectivity index (χ3n) is 1.89. The van der Waals surface area contributed by atoms with Crippen LogP contribution in [0.15, 0.2) is 0 Å². The van der Waals surface area contributed by atoms with Gasteiger partial charge in [-0.25, -0.2) is 0 Å². The predicted molar refractivity (Wildman–Crippen MR) is 53.0 cm³/mol. The van der Waals surface area contributed by atoms with E-state index in [4.69, 9.17) is 5.11 Å². The number of aliphatic hydroxyl groups is 1. The minimum atomic E-state index is 0.317. The van der Waals surface area contributed by atoms with Crippen LogP contribution in [0.3, 0.4) is 0 Å². The van der Waals surface area contributed by atoms with Gasteiger partial charge in [-0.1, -0.05) is 27.7 Å². The van der Waals surface area contributed by atoms with Crippen molar-refractivity contribution in [3.05, 3.63) is 0 Å². The Morgan fingerprint density at radius 3 is 2.09 bits per heavy atom. The molecule has 0 aromatic heterocycles. The Balaban J connectivity index is 3.37. The molecule has 0 fully saturated rings. The molecule has 0 aliphatic heterocycles. The maximum Gasteiger partial charge on any atom is 0.0464 e. The Morgan fingerprint density at radius 2 is 1.73 bits per heavy atom. The van der Waals surface area contributed by atoms with Crippen LogP contribution in [0.5, 0.6) is 0 Å². The van der Waals surface area contributed by atoms with Crippen LogP contribution in [0, 0.1) is 11.8 Å². The van der Waals surface area contributed by atoms with Crippen molar-refractivity contribution in [1.82, 2.24) is 0 Å². The van der Waals surface area contributed by atoms with E-state index in [-0.39, 0.29) is 0 Å². The van der Waals surface area contributed by atoms with E-state index in [9.17, 15) is 0 Å². The zero-order valence-electron chi connectivity index (χ0n) is 8.00. The summed E-state index contributed by atoms with van der Waals surface area (Å²) in [6, 6.07) is 0. The molecule has 2 atom stereocenters. The van der Waals surface area contributed by atoms with E-state index >= 15 is 0 Å². The second-order valence-electron chi connectivity index (χ2n) is 3.57. The molecule has 0 saturated carbocycles. The number of thioether (sulfide) groups is 1. The highest BCUT2D eigenvalue weighted by Crippen LogP contribution is 2.20. The van der Waals surface area contributed by atoms with E-state index in [1.165, 1.54) is 0 Å². The number of rotatable bonds is 5. The third kappa shape index (κ3) is 5.57. The zero-order valence-corrected chi connectivity index (χ0v) is 8.82. The molecule has 0 rings (SSSR count). The van der Waals surface area contributed by atoms with E-state index in [0.717, 1.165) is 11.7 Å². The molecule has 0 aromatic rings. The molecule has 11 heavy (non-hydrogen) atoms. The first-order valence-electron chi connectivity index (χ1n) is 4.30. The predicted octanol–water partition coefficient (Wildman–Crippen LogP) is 2.39. The Morgan fingerprint density at radius 1 is 1.18 bits per heavy atom. The maximum absolute atomic E-state index is 8.77. The fourth-order valence-electron chi connectivity index (χ4n) is 0.561. The summed E-state index contributed by atoms with van der Waals surface area (Å²) < 4.78 is 0. The summed E-state index contributed by atoms with van der Waals surface area (Å²) in [6.07, 6.45) is 0. The Hall–Kier alpha value is 0.310. The van der Waals surface area contributed by atoms with Crippen molar-refractivity contribution >= 4 is 11.8 Å². The third-order valence-corrected chi connectivity index (χ3v) is 3.73. The van der Waals surface area contributed by atoms with Gasteiger partial charge in [-0.3, -0.25) is 0 Å². The topological polar surface area (TPSA) is 20.2 Å². The molecule has 0 bridgehead atoms. The van der Waals surface area contributed by atoms with Crippen molar-refractivity contribution in [3.8, 4) is 0 Å². The van der Waals surface area contributed by atoms with E-state index < -0.39 is 0 Å². The molecule has 0 saturated heterocycles. The Bertz CT molecular complexity index is 93.6. The lowest BCUT2D eigenvalue weighted by molar-refractivity contribution is 0.250. The highest BCUT2D eigenvalue weighted by atomic mass is 32.2. The summed E-state index contributed by atoms with van der Waals surface area (Å²) in [5.41, 5.74) is 0. The molecule has 2 unspecified atom stereocenters. The molecule has 68 valence electrons. The second-order valence-corrected chi connectivity index (χ2v) is 4.98. The van der Waals surface area contributed by atoms with Gasteiger partial charge in [0, 0.05) is 11.9 Å². The van der Waals surface area contributed by atoms with Gasteiger partial charge >= 0.3 is 0 Å². The van der Waals surface area contributed by atoms with Gasteiger partial charge in [0.15, 0.2) is 0 Å². The van der Waals surface area contributed by atoms with Crippen LogP contribution in [-0.4, -0.2) is 22.7 Å². The molecule has 0 radical (unpaired) electrons. The van der Waals surface area contributed by atoms with Gasteiger partial charge in [0.05, 0.1) is 0 Å². The SMILES string of the molecule is CC(CO)CSC(C)C(C)C. The minimum Gasteiger partial charge on any atom is -0.396 e. The molecular weight excluding hydrogens is 156 g/mol. The lowest BCUT2D eigenvalue weighted by Crippen LogP contribution is -2.11. The highest BCUT2D eigenvalue weighted by Gasteiger charge is 2.09. The van der Waals surface area contributed by atoms with Gasteiger partial charge < -0.3 is 5.11 Å². The van der Waals surface area contributed by atoms with Gasteiger partial charge in [-0.05, 0) is 17.6 Å². The van der Waals surface area contributed by atoms with Crippen molar-refractivity contribution in [1.29, 1.82) is 0 Å². The van der Waals surface area contributed by atoms with E-state index in [1.807, 2.05) is 11.8 Å². The molecule has 0 heterocycles. The van der Waals surface area contributed by atoms with Crippen LogP contribution in [0.4, 0.5) is 0 Å². The Labute approximate surface area is 74.6 Å². The lowest BCUT2D eigenvalue weighted by Gasteiger charge is -2.16. The van der Waals surface area contributed by atoms with Crippen LogP contribution >= 0.6 is 11.8 Å². The first-order valence-corrected chi connectivity index (χ1v) is 5.35. The van der Waals surface area contributed by atoms with Crippen LogP contribution in [0.1, 0.15) is 27.7 Å². The normalized spacial score (nSPS) is 16.9. The molecular formula is C9H20OS. The van der Waals surface area contributed by atoms with Crippen molar-refractivity contribution < 1.29 is 5.11 Å². The first-order chi connectivity index (χ1) is 5.07. The van der Waals surface area contributed by atoms with Crippen molar-refractivity contribution in [2.75, 3.05) is 12.4 Å². The van der Waals surface area contributed by atoms with Crippen LogP contribution in [0.25, 0.3) is 0 Å².